The van der Waals surface area contributed by atoms with Gasteiger partial charge in [-0.2, -0.15) is 0 Å². The van der Waals surface area contributed by atoms with E-state index in [1.807, 2.05) is 18.4 Å². The van der Waals surface area contributed by atoms with Gasteiger partial charge in [0.1, 0.15) is 5.82 Å². The normalized spacial score (nSPS) is 10.5. The van der Waals surface area contributed by atoms with Gasteiger partial charge in [0, 0.05) is 4.90 Å². The van der Waals surface area contributed by atoms with Crippen LogP contribution in [0.2, 0.25) is 0 Å². The summed E-state index contributed by atoms with van der Waals surface area (Å²) in [6.45, 7) is 1.91. The zero-order chi connectivity index (χ0) is 12.3. The minimum atomic E-state index is -0.270. The molecule has 0 aliphatic carbocycles. The van der Waals surface area contributed by atoms with Crippen LogP contribution in [0.5, 0.6) is 0 Å². The summed E-state index contributed by atoms with van der Waals surface area (Å²) in [7, 11) is 0. The summed E-state index contributed by atoms with van der Waals surface area (Å²) >= 11 is 2.68. The first-order valence-corrected chi connectivity index (χ1v) is 6.99. The number of hydrogen-bond donors (Lipinski definition) is 0. The maximum atomic E-state index is 13.3. The Bertz CT molecular complexity index is 534. The molecule has 0 fully saturated rings. The molecule has 0 bridgehead atoms. The van der Waals surface area contributed by atoms with E-state index in [9.17, 15) is 9.18 Å². The minimum Gasteiger partial charge on any atom is -0.292 e. The number of benzene rings is 1. The van der Waals surface area contributed by atoms with E-state index in [0.29, 0.717) is 4.90 Å². The Morgan fingerprint density at radius 3 is 2.76 bits per heavy atom. The monoisotopic (exact) mass is 266 g/mol. The molecule has 4 heteroatoms. The smallest absolute Gasteiger partial charge is 0.183 e. The second-order valence-electron chi connectivity index (χ2n) is 3.58. The highest BCUT2D eigenvalue weighted by Gasteiger charge is 2.12. The van der Waals surface area contributed by atoms with Gasteiger partial charge in [0.2, 0.25) is 0 Å². The molecule has 2 rings (SSSR count). The Labute approximate surface area is 108 Å². The molecule has 0 saturated heterocycles. The molecular formula is C13H11FOS2. The fraction of sp³-hybridized carbons (Fsp3) is 0.154. The van der Waals surface area contributed by atoms with Crippen LogP contribution >= 0.6 is 23.1 Å². The van der Waals surface area contributed by atoms with Gasteiger partial charge in [0.25, 0.3) is 0 Å². The summed E-state index contributed by atoms with van der Waals surface area (Å²) in [6, 6.07) is 8.43. The van der Waals surface area contributed by atoms with E-state index < -0.39 is 0 Å². The van der Waals surface area contributed by atoms with Crippen molar-refractivity contribution < 1.29 is 9.18 Å². The Hall–Kier alpha value is -1.13. The molecule has 0 radical (unpaired) electrons. The van der Waals surface area contributed by atoms with Crippen molar-refractivity contribution in [2.24, 2.45) is 0 Å². The van der Waals surface area contributed by atoms with Crippen molar-refractivity contribution in [1.82, 2.24) is 0 Å². The molecule has 1 aromatic heterocycles. The first kappa shape index (κ1) is 12.3. The number of carbonyl (C=O) groups is 1. The molecule has 2 aromatic rings. The summed E-state index contributed by atoms with van der Waals surface area (Å²) in [5.41, 5.74) is 0.995. The molecule has 0 saturated carbocycles. The van der Waals surface area contributed by atoms with Gasteiger partial charge in [-0.25, -0.2) is 4.39 Å². The Morgan fingerprint density at radius 1 is 1.35 bits per heavy atom. The lowest BCUT2D eigenvalue weighted by Crippen LogP contribution is -2.01. The molecule has 0 aliphatic heterocycles. The van der Waals surface area contributed by atoms with Crippen LogP contribution in [-0.4, -0.2) is 11.5 Å². The quantitative estimate of drug-likeness (QED) is 0.610. The average Bonchev–Trinajstić information content (AvgIpc) is 2.74. The van der Waals surface area contributed by atoms with E-state index in [1.54, 1.807) is 18.2 Å². The number of aryl methyl sites for hydroxylation is 1. The van der Waals surface area contributed by atoms with Crippen molar-refractivity contribution in [3.63, 3.8) is 0 Å². The molecule has 88 valence electrons. The van der Waals surface area contributed by atoms with Crippen molar-refractivity contribution in [1.29, 1.82) is 0 Å². The van der Waals surface area contributed by atoms with Crippen LogP contribution in [-0.2, 0) is 0 Å². The van der Waals surface area contributed by atoms with Crippen LogP contribution < -0.4 is 0 Å². The lowest BCUT2D eigenvalue weighted by Gasteiger charge is -2.02. The van der Waals surface area contributed by atoms with Gasteiger partial charge >= 0.3 is 0 Å². The summed E-state index contributed by atoms with van der Waals surface area (Å²) in [6.07, 6.45) is 0. The first-order valence-electron chi connectivity index (χ1n) is 5.13. The topological polar surface area (TPSA) is 17.1 Å². The van der Waals surface area contributed by atoms with Crippen molar-refractivity contribution in [3.05, 3.63) is 52.0 Å². The number of ketones is 1. The number of thiophene rings is 1. The molecule has 0 spiro atoms. The van der Waals surface area contributed by atoms with Crippen molar-refractivity contribution in [2.75, 3.05) is 5.75 Å². The van der Waals surface area contributed by atoms with Crippen LogP contribution in [0.1, 0.15) is 15.2 Å². The summed E-state index contributed by atoms with van der Waals surface area (Å²) < 4.78 is 13.3. The number of thioether (sulfide) groups is 1. The highest BCUT2D eigenvalue weighted by molar-refractivity contribution is 8.00. The largest absolute Gasteiger partial charge is 0.292 e. The molecule has 1 aromatic carbocycles. The Kier molecular flexibility index (Phi) is 3.97. The molecule has 1 heterocycles. The number of rotatable bonds is 4. The summed E-state index contributed by atoms with van der Waals surface area (Å²) in [5.74, 6) is 0.0707. The first-order chi connectivity index (χ1) is 8.18. The molecule has 17 heavy (non-hydrogen) atoms. The van der Waals surface area contributed by atoms with E-state index >= 15 is 0 Å². The van der Waals surface area contributed by atoms with Crippen molar-refractivity contribution in [2.45, 2.75) is 11.8 Å². The minimum absolute atomic E-state index is 0.0609. The summed E-state index contributed by atoms with van der Waals surface area (Å²) in [4.78, 5) is 13.2. The van der Waals surface area contributed by atoms with Crippen LogP contribution in [0.25, 0.3) is 0 Å². The van der Waals surface area contributed by atoms with Crippen LogP contribution in [0.15, 0.2) is 40.6 Å². The number of carbonyl (C=O) groups excluding carboxylic acids is 1. The summed E-state index contributed by atoms with van der Waals surface area (Å²) in [5, 5.41) is 1.90. The van der Waals surface area contributed by atoms with Gasteiger partial charge in [0.15, 0.2) is 5.78 Å². The standard InChI is InChI=1S/C13H11FOS2/c1-9-6-7-16-13(9)11(15)8-17-12-5-3-2-4-10(12)14/h2-7H,8H2,1H3. The van der Waals surface area contributed by atoms with Crippen molar-refractivity contribution in [3.8, 4) is 0 Å². The van der Waals surface area contributed by atoms with Gasteiger partial charge < -0.3 is 0 Å². The second kappa shape index (κ2) is 5.47. The van der Waals surface area contributed by atoms with Gasteiger partial charge in [-0.05, 0) is 36.1 Å². The Balaban J connectivity index is 2.02. The maximum absolute atomic E-state index is 13.3. The fourth-order valence-corrected chi connectivity index (χ4v) is 3.20. The molecule has 0 N–H and O–H groups in total. The van der Waals surface area contributed by atoms with E-state index in [0.717, 1.165) is 10.4 Å². The van der Waals surface area contributed by atoms with Gasteiger partial charge in [0.05, 0.1) is 10.6 Å². The third-order valence-electron chi connectivity index (χ3n) is 2.31. The third-order valence-corrected chi connectivity index (χ3v) is 4.42. The van der Waals surface area contributed by atoms with Crippen LogP contribution in [0.4, 0.5) is 4.39 Å². The average molecular weight is 266 g/mol. The third kappa shape index (κ3) is 2.96. The van der Waals surface area contributed by atoms with Gasteiger partial charge in [-0.1, -0.05) is 12.1 Å². The Morgan fingerprint density at radius 2 is 2.12 bits per heavy atom. The van der Waals surface area contributed by atoms with Crippen molar-refractivity contribution >= 4 is 28.9 Å². The maximum Gasteiger partial charge on any atom is 0.183 e. The molecule has 1 nitrogen and oxygen atoms in total. The van der Waals surface area contributed by atoms with E-state index in [2.05, 4.69) is 0 Å². The predicted molar refractivity (Wildman–Crippen MR) is 70.5 cm³/mol. The molecule has 0 unspecified atom stereocenters. The van der Waals surface area contributed by atoms with E-state index in [1.165, 1.54) is 29.2 Å². The zero-order valence-electron chi connectivity index (χ0n) is 9.27. The number of Topliss-reactive ketones (excluding diaryl/α,β-unsaturated/α-hetero) is 1. The highest BCUT2D eigenvalue weighted by Crippen LogP contribution is 2.24. The lowest BCUT2D eigenvalue weighted by molar-refractivity contribution is 0.102. The van der Waals surface area contributed by atoms with E-state index in [4.69, 9.17) is 0 Å². The predicted octanol–water partition coefficient (Wildman–Crippen LogP) is 4.17. The lowest BCUT2D eigenvalue weighted by atomic mass is 10.2. The molecular weight excluding hydrogens is 255 g/mol. The second-order valence-corrected chi connectivity index (χ2v) is 5.51. The fourth-order valence-electron chi connectivity index (χ4n) is 1.43. The van der Waals surface area contributed by atoms with E-state index in [-0.39, 0.29) is 17.4 Å². The SMILES string of the molecule is Cc1ccsc1C(=O)CSc1ccccc1F. The highest BCUT2D eigenvalue weighted by atomic mass is 32.2. The van der Waals surface area contributed by atoms with Gasteiger partial charge in [-0.15, -0.1) is 23.1 Å². The number of halogens is 1. The molecule has 0 atom stereocenters. The molecule has 0 amide bonds. The zero-order valence-corrected chi connectivity index (χ0v) is 10.9. The van der Waals surface area contributed by atoms with Crippen LogP contribution in [0, 0.1) is 12.7 Å². The van der Waals surface area contributed by atoms with Crippen LogP contribution in [0.3, 0.4) is 0 Å². The number of hydrogen-bond acceptors (Lipinski definition) is 3. The molecule has 0 aliphatic rings. The van der Waals surface area contributed by atoms with Gasteiger partial charge in [-0.3, -0.25) is 4.79 Å².